The van der Waals surface area contributed by atoms with Gasteiger partial charge in [0.05, 0.1) is 23.8 Å². The molecule has 1 aromatic carbocycles. The number of benzene rings is 1. The predicted molar refractivity (Wildman–Crippen MR) is 129 cm³/mol. The van der Waals surface area contributed by atoms with Crippen molar-refractivity contribution in [1.29, 1.82) is 0 Å². The molecule has 3 heterocycles. The first-order chi connectivity index (χ1) is 15.6. The second-order valence-corrected chi connectivity index (χ2v) is 10.1. The summed E-state index contributed by atoms with van der Waals surface area (Å²) in [6.45, 7) is 5.06. The average Bonchev–Trinajstić information content (AvgIpc) is 3.37. The van der Waals surface area contributed by atoms with Gasteiger partial charge in [0.15, 0.2) is 11.0 Å². The molecule has 7 nitrogen and oxygen atoms in total. The molecule has 0 aliphatic heterocycles. The van der Waals surface area contributed by atoms with Crippen molar-refractivity contribution in [3.05, 3.63) is 50.9 Å². The predicted octanol–water partition coefficient (Wildman–Crippen LogP) is 4.69. The lowest BCUT2D eigenvalue weighted by Gasteiger charge is -2.17. The number of hydrogen-bond donors (Lipinski definition) is 1. The van der Waals surface area contributed by atoms with Gasteiger partial charge in [-0.3, -0.25) is 4.79 Å². The fourth-order valence-corrected chi connectivity index (χ4v) is 6.58. The van der Waals surface area contributed by atoms with Crippen molar-refractivity contribution in [3.63, 3.8) is 0 Å². The van der Waals surface area contributed by atoms with Gasteiger partial charge >= 0.3 is 0 Å². The number of para-hydroxylation sites is 1. The van der Waals surface area contributed by atoms with Crippen LogP contribution in [-0.2, 0) is 25.1 Å². The molecule has 0 saturated heterocycles. The number of rotatable bonds is 6. The summed E-state index contributed by atoms with van der Waals surface area (Å²) in [7, 11) is 1.66. The molecule has 4 aromatic rings. The molecule has 1 unspecified atom stereocenters. The van der Waals surface area contributed by atoms with E-state index in [2.05, 4.69) is 33.6 Å². The van der Waals surface area contributed by atoms with Crippen LogP contribution in [0.3, 0.4) is 0 Å². The maximum Gasteiger partial charge on any atom is 0.259 e. The summed E-state index contributed by atoms with van der Waals surface area (Å²) in [5.74, 6) is 3.39. The van der Waals surface area contributed by atoms with E-state index in [4.69, 9.17) is 9.72 Å². The minimum atomic E-state index is -0.0238. The Kier molecular flexibility index (Phi) is 5.77. The van der Waals surface area contributed by atoms with Crippen LogP contribution in [0.1, 0.15) is 36.5 Å². The number of nitrogens with zero attached hydrogens (tertiary/aromatic N) is 4. The summed E-state index contributed by atoms with van der Waals surface area (Å²) >= 11 is 3.21. The van der Waals surface area contributed by atoms with Crippen LogP contribution < -0.4 is 10.3 Å². The first kappa shape index (κ1) is 21.2. The number of thioether (sulfide) groups is 1. The summed E-state index contributed by atoms with van der Waals surface area (Å²) in [4.78, 5) is 22.8. The van der Waals surface area contributed by atoms with Gasteiger partial charge in [-0.1, -0.05) is 30.8 Å². The molecule has 0 bridgehead atoms. The Bertz CT molecular complexity index is 1340. The number of H-pyrrole nitrogens is 1. The number of aryl methyl sites for hydroxylation is 1. The number of hydrogen-bond acceptors (Lipinski definition) is 7. The number of methoxy groups -OCH3 is 1. The summed E-state index contributed by atoms with van der Waals surface area (Å²) in [5.41, 5.74) is 2.09. The minimum absolute atomic E-state index is 0.0238. The molecule has 166 valence electrons. The molecule has 9 heteroatoms. The molecule has 1 atom stereocenters. The van der Waals surface area contributed by atoms with Gasteiger partial charge in [0.2, 0.25) is 0 Å². The summed E-state index contributed by atoms with van der Waals surface area (Å²) in [5, 5.41) is 10.4. The van der Waals surface area contributed by atoms with Gasteiger partial charge in [-0.25, -0.2) is 4.98 Å². The van der Waals surface area contributed by atoms with Crippen molar-refractivity contribution in [3.8, 4) is 17.1 Å². The maximum atomic E-state index is 12.9. The number of nitrogens with one attached hydrogen (secondary N) is 1. The van der Waals surface area contributed by atoms with Crippen LogP contribution in [0.4, 0.5) is 0 Å². The molecule has 0 saturated carbocycles. The highest BCUT2D eigenvalue weighted by molar-refractivity contribution is 7.98. The fraction of sp³-hybridized carbons (Fsp3) is 0.391. The first-order valence-corrected chi connectivity index (χ1v) is 12.6. The Morgan fingerprint density at radius 2 is 2.16 bits per heavy atom. The van der Waals surface area contributed by atoms with Crippen LogP contribution in [0.15, 0.2) is 34.2 Å². The van der Waals surface area contributed by atoms with Gasteiger partial charge in [0.1, 0.15) is 16.4 Å². The topological polar surface area (TPSA) is 85.7 Å². The lowest BCUT2D eigenvalue weighted by atomic mass is 9.89. The number of thiophene rings is 1. The third-order valence-corrected chi connectivity index (χ3v) is 8.06. The fourth-order valence-electron chi connectivity index (χ4n) is 4.30. The van der Waals surface area contributed by atoms with E-state index in [9.17, 15) is 4.79 Å². The lowest BCUT2D eigenvalue weighted by Crippen LogP contribution is -2.14. The maximum absolute atomic E-state index is 12.9. The van der Waals surface area contributed by atoms with Crippen LogP contribution in [0.5, 0.6) is 5.75 Å². The van der Waals surface area contributed by atoms with Gasteiger partial charge in [0.25, 0.3) is 5.56 Å². The Hall–Kier alpha value is -2.65. The van der Waals surface area contributed by atoms with Crippen LogP contribution in [0, 0.1) is 5.92 Å². The third-order valence-electron chi connectivity index (χ3n) is 5.93. The zero-order valence-electron chi connectivity index (χ0n) is 18.3. The van der Waals surface area contributed by atoms with Gasteiger partial charge in [0, 0.05) is 11.4 Å². The monoisotopic (exact) mass is 467 g/mol. The summed E-state index contributed by atoms with van der Waals surface area (Å²) in [6, 6.07) is 7.80. The normalized spacial score (nSPS) is 15.8. The van der Waals surface area contributed by atoms with E-state index < -0.39 is 0 Å². The second-order valence-electron chi connectivity index (χ2n) is 8.08. The molecule has 0 amide bonds. The lowest BCUT2D eigenvalue weighted by molar-refractivity contribution is 0.416. The Morgan fingerprint density at radius 3 is 2.97 bits per heavy atom. The Labute approximate surface area is 194 Å². The van der Waals surface area contributed by atoms with E-state index in [1.165, 1.54) is 22.2 Å². The summed E-state index contributed by atoms with van der Waals surface area (Å²) in [6.07, 6.45) is 3.16. The highest BCUT2D eigenvalue weighted by Gasteiger charge is 2.23. The molecule has 32 heavy (non-hydrogen) atoms. The van der Waals surface area contributed by atoms with Crippen LogP contribution in [0.25, 0.3) is 21.6 Å². The van der Waals surface area contributed by atoms with Gasteiger partial charge in [-0.2, -0.15) is 0 Å². The van der Waals surface area contributed by atoms with Crippen molar-refractivity contribution in [2.24, 2.45) is 5.92 Å². The molecule has 1 N–H and O–H groups in total. The minimum Gasteiger partial charge on any atom is -0.496 e. The number of fused-ring (bicyclic) bond motifs is 3. The average molecular weight is 468 g/mol. The molecule has 1 aliphatic rings. The summed E-state index contributed by atoms with van der Waals surface area (Å²) < 4.78 is 7.56. The Balaban J connectivity index is 1.43. The number of aromatic amines is 1. The number of aromatic nitrogens is 5. The molecule has 0 fully saturated rings. The van der Waals surface area contributed by atoms with Crippen molar-refractivity contribution in [1.82, 2.24) is 24.7 Å². The second kappa shape index (κ2) is 8.71. The van der Waals surface area contributed by atoms with E-state index in [1.807, 2.05) is 24.3 Å². The van der Waals surface area contributed by atoms with E-state index in [-0.39, 0.29) is 5.56 Å². The van der Waals surface area contributed by atoms with E-state index in [0.717, 1.165) is 58.3 Å². The van der Waals surface area contributed by atoms with Crippen molar-refractivity contribution >= 4 is 33.3 Å². The smallest absolute Gasteiger partial charge is 0.259 e. The first-order valence-electron chi connectivity index (χ1n) is 10.8. The zero-order valence-corrected chi connectivity index (χ0v) is 20.0. The molecule has 0 radical (unpaired) electrons. The van der Waals surface area contributed by atoms with Crippen LogP contribution in [0.2, 0.25) is 0 Å². The number of ether oxygens (including phenoxy) is 1. The van der Waals surface area contributed by atoms with E-state index in [0.29, 0.717) is 17.5 Å². The SMILES string of the molecule is CCn1c(SCc2nc3sc4c(c3c(=O)[nH]2)CCC(C)C4)nnc1-c1ccccc1OC. The molecule has 5 rings (SSSR count). The molecular formula is C23H25N5O2S2. The Morgan fingerprint density at radius 1 is 1.31 bits per heavy atom. The van der Waals surface area contributed by atoms with E-state index in [1.54, 1.807) is 18.4 Å². The van der Waals surface area contributed by atoms with Crippen LogP contribution >= 0.6 is 23.1 Å². The molecular weight excluding hydrogens is 442 g/mol. The quantitative estimate of drug-likeness (QED) is 0.414. The molecule has 1 aliphatic carbocycles. The largest absolute Gasteiger partial charge is 0.496 e. The van der Waals surface area contributed by atoms with Crippen molar-refractivity contribution < 1.29 is 4.74 Å². The highest BCUT2D eigenvalue weighted by Crippen LogP contribution is 2.36. The van der Waals surface area contributed by atoms with Crippen molar-refractivity contribution in [2.45, 2.75) is 50.6 Å². The van der Waals surface area contributed by atoms with Gasteiger partial charge in [-0.15, -0.1) is 21.5 Å². The van der Waals surface area contributed by atoms with E-state index >= 15 is 0 Å². The highest BCUT2D eigenvalue weighted by atomic mass is 32.2. The van der Waals surface area contributed by atoms with Gasteiger partial charge in [-0.05, 0) is 49.8 Å². The third kappa shape index (κ3) is 3.73. The van der Waals surface area contributed by atoms with Crippen molar-refractivity contribution in [2.75, 3.05) is 7.11 Å². The standard InChI is InChI=1S/C23H25N5O2S2/c1-4-28-20(14-7-5-6-8-16(14)30-3)26-27-23(28)31-12-18-24-21(29)19-15-10-9-13(2)11-17(15)32-22(19)25-18/h5-8,13H,4,9-12H2,1-3H3,(H,24,25,29). The van der Waals surface area contributed by atoms with Gasteiger partial charge < -0.3 is 14.3 Å². The molecule has 0 spiro atoms. The zero-order chi connectivity index (χ0) is 22.2. The molecule has 3 aromatic heterocycles. The van der Waals surface area contributed by atoms with Crippen LogP contribution in [-0.4, -0.2) is 31.8 Å².